The number of hydrogen-bond donors (Lipinski definition) is 0. The van der Waals surface area contributed by atoms with E-state index in [4.69, 9.17) is 4.74 Å². The Kier molecular flexibility index (Phi) is 2.49. The first-order valence-electron chi connectivity index (χ1n) is 3.70. The first-order chi connectivity index (χ1) is 4.83. The summed E-state index contributed by atoms with van der Waals surface area (Å²) in [5.41, 5.74) is 0. The van der Waals surface area contributed by atoms with Crippen molar-refractivity contribution >= 4 is 6.21 Å². The van der Waals surface area contributed by atoms with Gasteiger partial charge in [0.05, 0.1) is 6.61 Å². The van der Waals surface area contributed by atoms with Gasteiger partial charge < -0.3 is 4.74 Å². The minimum Gasteiger partial charge on any atom is -0.478 e. The van der Waals surface area contributed by atoms with Crippen molar-refractivity contribution < 1.29 is 4.74 Å². The molecule has 1 rings (SSSR count). The van der Waals surface area contributed by atoms with Crippen LogP contribution in [0.4, 0.5) is 0 Å². The van der Waals surface area contributed by atoms with Gasteiger partial charge in [-0.15, -0.1) is 0 Å². The van der Waals surface area contributed by atoms with Crippen LogP contribution in [-0.2, 0) is 4.74 Å². The number of allylic oxidation sites excluding steroid dienone is 1. The van der Waals surface area contributed by atoms with E-state index in [0.717, 1.165) is 12.3 Å². The number of rotatable bonds is 2. The molecule has 1 aliphatic heterocycles. The molecule has 56 valence electrons. The van der Waals surface area contributed by atoms with E-state index in [0.29, 0.717) is 12.5 Å². The normalized spacial score (nSPS) is 24.2. The maximum absolute atomic E-state index is 5.22. The standard InChI is InChI=1S/C8H13NO/c1-3-10-8-6-7(2)4-5-9-8/h5-7H,3-4H2,1-2H3. The van der Waals surface area contributed by atoms with Crippen LogP contribution in [0, 0.1) is 5.92 Å². The molecule has 0 spiro atoms. The van der Waals surface area contributed by atoms with Gasteiger partial charge in [-0.2, -0.15) is 0 Å². The highest BCUT2D eigenvalue weighted by Crippen LogP contribution is 2.13. The molecular weight excluding hydrogens is 126 g/mol. The molecule has 0 aromatic carbocycles. The maximum Gasteiger partial charge on any atom is 0.208 e. The van der Waals surface area contributed by atoms with E-state index in [-0.39, 0.29) is 0 Å². The number of hydrogen-bond acceptors (Lipinski definition) is 2. The third kappa shape index (κ3) is 1.87. The first-order valence-corrected chi connectivity index (χ1v) is 3.70. The predicted molar refractivity (Wildman–Crippen MR) is 42.0 cm³/mol. The number of aliphatic imine (C=N–C) groups is 1. The van der Waals surface area contributed by atoms with E-state index in [1.807, 2.05) is 13.1 Å². The summed E-state index contributed by atoms with van der Waals surface area (Å²) in [6.45, 7) is 4.83. The molecule has 2 nitrogen and oxygen atoms in total. The van der Waals surface area contributed by atoms with Crippen LogP contribution in [0.25, 0.3) is 0 Å². The summed E-state index contributed by atoms with van der Waals surface area (Å²) >= 11 is 0. The third-order valence-electron chi connectivity index (χ3n) is 1.42. The lowest BCUT2D eigenvalue weighted by molar-refractivity contribution is 0.223. The highest BCUT2D eigenvalue weighted by Gasteiger charge is 2.04. The van der Waals surface area contributed by atoms with Gasteiger partial charge in [-0.05, 0) is 25.3 Å². The Morgan fingerprint density at radius 3 is 3.20 bits per heavy atom. The van der Waals surface area contributed by atoms with Crippen molar-refractivity contribution in [3.63, 3.8) is 0 Å². The lowest BCUT2D eigenvalue weighted by atomic mass is 10.1. The lowest BCUT2D eigenvalue weighted by Crippen LogP contribution is -2.01. The van der Waals surface area contributed by atoms with Crippen LogP contribution in [0.1, 0.15) is 20.3 Å². The second-order valence-corrected chi connectivity index (χ2v) is 2.46. The fourth-order valence-electron chi connectivity index (χ4n) is 0.897. The lowest BCUT2D eigenvalue weighted by Gasteiger charge is -2.10. The molecule has 1 unspecified atom stereocenters. The van der Waals surface area contributed by atoms with E-state index in [1.165, 1.54) is 0 Å². The molecular formula is C8H13NO. The smallest absolute Gasteiger partial charge is 0.208 e. The first kappa shape index (κ1) is 7.32. The van der Waals surface area contributed by atoms with Crippen molar-refractivity contribution in [2.45, 2.75) is 20.3 Å². The van der Waals surface area contributed by atoms with Crippen LogP contribution >= 0.6 is 0 Å². The van der Waals surface area contributed by atoms with Crippen LogP contribution < -0.4 is 0 Å². The number of nitrogens with zero attached hydrogens (tertiary/aromatic N) is 1. The van der Waals surface area contributed by atoms with E-state index in [1.54, 1.807) is 0 Å². The molecule has 0 aromatic heterocycles. The molecule has 0 saturated heterocycles. The minimum atomic E-state index is 0.582. The minimum absolute atomic E-state index is 0.582. The van der Waals surface area contributed by atoms with Crippen molar-refractivity contribution in [3.8, 4) is 0 Å². The Morgan fingerprint density at radius 1 is 1.80 bits per heavy atom. The highest BCUT2D eigenvalue weighted by atomic mass is 16.5. The van der Waals surface area contributed by atoms with Gasteiger partial charge in [-0.25, -0.2) is 4.99 Å². The van der Waals surface area contributed by atoms with Crippen LogP contribution in [-0.4, -0.2) is 12.8 Å². The summed E-state index contributed by atoms with van der Waals surface area (Å²) in [5, 5.41) is 0. The van der Waals surface area contributed by atoms with Crippen molar-refractivity contribution in [2.24, 2.45) is 10.9 Å². The van der Waals surface area contributed by atoms with Gasteiger partial charge in [-0.1, -0.05) is 6.92 Å². The third-order valence-corrected chi connectivity index (χ3v) is 1.42. The Labute approximate surface area is 61.6 Å². The molecule has 1 aliphatic rings. The molecule has 0 aliphatic carbocycles. The van der Waals surface area contributed by atoms with Crippen molar-refractivity contribution in [1.29, 1.82) is 0 Å². The average molecular weight is 139 g/mol. The van der Waals surface area contributed by atoms with Gasteiger partial charge in [0, 0.05) is 6.21 Å². The van der Waals surface area contributed by atoms with Crippen molar-refractivity contribution in [1.82, 2.24) is 0 Å². The molecule has 0 radical (unpaired) electrons. The molecule has 2 heteroatoms. The Bertz CT molecular complexity index is 161. The summed E-state index contributed by atoms with van der Waals surface area (Å²) in [5.74, 6) is 1.36. The monoisotopic (exact) mass is 139 g/mol. The van der Waals surface area contributed by atoms with Gasteiger partial charge in [0.1, 0.15) is 0 Å². The number of ether oxygens (including phenoxy) is 1. The summed E-state index contributed by atoms with van der Waals surface area (Å²) in [6, 6.07) is 0. The van der Waals surface area contributed by atoms with E-state index in [2.05, 4.69) is 18.0 Å². The zero-order chi connectivity index (χ0) is 7.40. The van der Waals surface area contributed by atoms with E-state index >= 15 is 0 Å². The molecule has 0 saturated carbocycles. The second kappa shape index (κ2) is 3.40. The Morgan fingerprint density at radius 2 is 2.60 bits per heavy atom. The Hall–Kier alpha value is -0.790. The highest BCUT2D eigenvalue weighted by molar-refractivity contribution is 5.60. The van der Waals surface area contributed by atoms with Crippen molar-refractivity contribution in [3.05, 3.63) is 12.0 Å². The molecule has 1 heterocycles. The van der Waals surface area contributed by atoms with Crippen LogP contribution in [0.15, 0.2) is 17.0 Å². The van der Waals surface area contributed by atoms with Gasteiger partial charge in [-0.3, -0.25) is 0 Å². The average Bonchev–Trinajstić information content (AvgIpc) is 1.88. The fourth-order valence-corrected chi connectivity index (χ4v) is 0.897. The zero-order valence-corrected chi connectivity index (χ0v) is 6.50. The molecule has 0 bridgehead atoms. The zero-order valence-electron chi connectivity index (χ0n) is 6.50. The summed E-state index contributed by atoms with van der Waals surface area (Å²) < 4.78 is 5.22. The second-order valence-electron chi connectivity index (χ2n) is 2.46. The van der Waals surface area contributed by atoms with Gasteiger partial charge in [0.25, 0.3) is 0 Å². The summed E-state index contributed by atoms with van der Waals surface area (Å²) in [7, 11) is 0. The molecule has 0 N–H and O–H groups in total. The van der Waals surface area contributed by atoms with Crippen LogP contribution in [0.2, 0.25) is 0 Å². The Balaban J connectivity index is 2.49. The SMILES string of the molecule is CCOC1=CC(C)CC=N1. The van der Waals surface area contributed by atoms with Gasteiger partial charge in [0.15, 0.2) is 0 Å². The van der Waals surface area contributed by atoms with Crippen molar-refractivity contribution in [2.75, 3.05) is 6.61 Å². The van der Waals surface area contributed by atoms with Gasteiger partial charge in [0.2, 0.25) is 5.88 Å². The quantitative estimate of drug-likeness (QED) is 0.573. The molecule has 10 heavy (non-hydrogen) atoms. The van der Waals surface area contributed by atoms with Crippen LogP contribution in [0.5, 0.6) is 0 Å². The molecule has 0 amide bonds. The fraction of sp³-hybridized carbons (Fsp3) is 0.625. The predicted octanol–water partition coefficient (Wildman–Crippen LogP) is 1.97. The maximum atomic E-state index is 5.22. The topological polar surface area (TPSA) is 21.6 Å². The van der Waals surface area contributed by atoms with E-state index in [9.17, 15) is 0 Å². The molecule has 1 atom stereocenters. The van der Waals surface area contributed by atoms with Crippen LogP contribution in [0.3, 0.4) is 0 Å². The van der Waals surface area contributed by atoms with Gasteiger partial charge >= 0.3 is 0 Å². The molecule has 0 aromatic rings. The summed E-state index contributed by atoms with van der Waals surface area (Å²) in [6.07, 6.45) is 5.01. The largest absolute Gasteiger partial charge is 0.478 e. The van der Waals surface area contributed by atoms with E-state index < -0.39 is 0 Å². The molecule has 0 fully saturated rings. The summed E-state index contributed by atoms with van der Waals surface area (Å²) in [4.78, 5) is 4.08.